The topological polar surface area (TPSA) is 63.2 Å². The van der Waals surface area contributed by atoms with Crippen molar-refractivity contribution in [1.29, 1.82) is 0 Å². The van der Waals surface area contributed by atoms with E-state index in [1.165, 1.54) is 0 Å². The van der Waals surface area contributed by atoms with E-state index in [0.29, 0.717) is 24.5 Å². The summed E-state index contributed by atoms with van der Waals surface area (Å²) >= 11 is 0. The van der Waals surface area contributed by atoms with Crippen LogP contribution >= 0.6 is 0 Å². The lowest BCUT2D eigenvalue weighted by atomic mass is 9.66. The van der Waals surface area contributed by atoms with Crippen LogP contribution < -0.4 is 4.72 Å². The summed E-state index contributed by atoms with van der Waals surface area (Å²) in [6.07, 6.45) is 11.4. The molecule has 3 aliphatic rings. The van der Waals surface area contributed by atoms with Crippen LogP contribution in [0.2, 0.25) is 0 Å². The predicted octanol–water partition coefficient (Wildman–Crippen LogP) is 4.21. The van der Waals surface area contributed by atoms with Crippen molar-refractivity contribution in [1.82, 2.24) is 4.72 Å². The summed E-state index contributed by atoms with van der Waals surface area (Å²) in [6.45, 7) is 6.17. The van der Waals surface area contributed by atoms with Gasteiger partial charge in [-0.1, -0.05) is 43.5 Å². The molecule has 1 N–H and O–H groups in total. The molecule has 0 spiro atoms. The second kappa shape index (κ2) is 7.75. The third-order valence-corrected chi connectivity index (χ3v) is 7.56. The van der Waals surface area contributed by atoms with E-state index in [2.05, 4.69) is 24.5 Å². The number of rotatable bonds is 6. The fraction of sp³-hybridized carbons (Fsp3) is 0.522. The van der Waals surface area contributed by atoms with Gasteiger partial charge in [0.05, 0.1) is 10.3 Å². The highest BCUT2D eigenvalue weighted by molar-refractivity contribution is 7.89. The normalized spacial score (nSPS) is 27.2. The number of aryl methyl sites for hydroxylation is 1. The summed E-state index contributed by atoms with van der Waals surface area (Å²) in [4.78, 5) is 12.8. The van der Waals surface area contributed by atoms with Gasteiger partial charge in [-0.15, -0.1) is 6.42 Å². The van der Waals surface area contributed by atoms with Gasteiger partial charge in [0.1, 0.15) is 5.78 Å². The number of carbonyl (C=O) groups is 1. The number of allylic oxidation sites excluding steroid dienone is 2. The van der Waals surface area contributed by atoms with E-state index in [4.69, 9.17) is 6.42 Å². The van der Waals surface area contributed by atoms with E-state index in [-0.39, 0.29) is 22.5 Å². The van der Waals surface area contributed by atoms with Crippen molar-refractivity contribution in [2.45, 2.75) is 57.8 Å². The molecule has 3 aliphatic carbocycles. The monoisotopic (exact) mass is 399 g/mol. The first-order valence-electron chi connectivity index (χ1n) is 10.00. The molecule has 1 aromatic carbocycles. The van der Waals surface area contributed by atoms with Gasteiger partial charge in [0.25, 0.3) is 10.0 Å². The Morgan fingerprint density at radius 2 is 1.93 bits per heavy atom. The predicted molar refractivity (Wildman–Crippen MR) is 111 cm³/mol. The summed E-state index contributed by atoms with van der Waals surface area (Å²) in [5, 5.41) is 0. The van der Waals surface area contributed by atoms with Gasteiger partial charge in [0.15, 0.2) is 0 Å². The molecule has 0 aromatic heterocycles. The second-order valence-corrected chi connectivity index (χ2v) is 10.3. The minimum atomic E-state index is -3.77. The Morgan fingerprint density at radius 3 is 2.50 bits per heavy atom. The van der Waals surface area contributed by atoms with Crippen LogP contribution in [0.1, 0.15) is 51.5 Å². The number of hydrogen-bond acceptors (Lipinski definition) is 3. The highest BCUT2D eigenvalue weighted by Gasteiger charge is 2.48. The number of sulfonamides is 1. The summed E-state index contributed by atoms with van der Waals surface area (Å²) in [5.74, 6) is 3.29. The lowest BCUT2D eigenvalue weighted by Gasteiger charge is -2.38. The number of ketones is 1. The summed E-state index contributed by atoms with van der Waals surface area (Å²) in [5.41, 5.74) is 0.768. The molecule has 28 heavy (non-hydrogen) atoms. The standard InChI is InChI=1S/C23H29NO3S/c1-5-23(13-12-16(2)3)19-9-8-18(21(25)15-19)14-22(23)24-28(26,27)20-10-6-17(4)7-11-20/h1,6-7,10-11,14,16,18-19,24H,8-9,12-13,15H2,2-4H3/t18-,19-,23+/m1/s1. The van der Waals surface area contributed by atoms with Crippen molar-refractivity contribution < 1.29 is 13.2 Å². The van der Waals surface area contributed by atoms with Crippen LogP contribution in [0.3, 0.4) is 0 Å². The summed E-state index contributed by atoms with van der Waals surface area (Å²) in [6, 6.07) is 6.74. The molecular formula is C23H29NO3S. The third kappa shape index (κ3) is 3.89. The number of benzene rings is 1. The Morgan fingerprint density at radius 1 is 1.25 bits per heavy atom. The zero-order valence-electron chi connectivity index (χ0n) is 16.9. The van der Waals surface area contributed by atoms with Gasteiger partial charge in [-0.25, -0.2) is 8.42 Å². The van der Waals surface area contributed by atoms with E-state index < -0.39 is 15.4 Å². The Bertz CT molecular complexity index is 922. The molecule has 4 nitrogen and oxygen atoms in total. The third-order valence-electron chi connectivity index (χ3n) is 6.18. The molecule has 1 saturated carbocycles. The van der Waals surface area contributed by atoms with Gasteiger partial charge in [-0.05, 0) is 56.6 Å². The minimum absolute atomic E-state index is 0.0190. The Hall–Kier alpha value is -2.06. The fourth-order valence-corrected chi connectivity index (χ4v) is 5.53. The van der Waals surface area contributed by atoms with E-state index in [9.17, 15) is 13.2 Å². The molecule has 0 saturated heterocycles. The molecule has 0 heterocycles. The van der Waals surface area contributed by atoms with Crippen molar-refractivity contribution in [3.05, 3.63) is 41.6 Å². The average Bonchev–Trinajstić information content (AvgIpc) is 2.84. The number of terminal acetylenes is 1. The van der Waals surface area contributed by atoms with Crippen LogP contribution in [-0.4, -0.2) is 14.2 Å². The van der Waals surface area contributed by atoms with Crippen molar-refractivity contribution in [2.24, 2.45) is 23.2 Å². The maximum absolute atomic E-state index is 13.1. The van der Waals surface area contributed by atoms with E-state index in [1.54, 1.807) is 30.3 Å². The first kappa shape index (κ1) is 20.7. The molecule has 4 rings (SSSR count). The molecule has 1 aromatic rings. The summed E-state index contributed by atoms with van der Waals surface area (Å²) < 4.78 is 28.9. The highest BCUT2D eigenvalue weighted by atomic mass is 32.2. The zero-order valence-corrected chi connectivity index (χ0v) is 17.7. The van der Waals surface area contributed by atoms with E-state index in [1.807, 2.05) is 6.92 Å². The molecule has 1 fully saturated rings. The average molecular weight is 400 g/mol. The first-order chi connectivity index (χ1) is 13.2. The molecule has 150 valence electrons. The Balaban J connectivity index is 2.03. The number of carbonyl (C=O) groups excluding carboxylic acids is 1. The van der Waals surface area contributed by atoms with Gasteiger partial charge in [-0.2, -0.15) is 0 Å². The Kier molecular flexibility index (Phi) is 5.72. The maximum atomic E-state index is 13.1. The van der Waals surface area contributed by atoms with Gasteiger partial charge in [0.2, 0.25) is 0 Å². The van der Waals surface area contributed by atoms with Crippen molar-refractivity contribution in [3.63, 3.8) is 0 Å². The highest BCUT2D eigenvalue weighted by Crippen LogP contribution is 2.50. The molecule has 5 heteroatoms. The van der Waals surface area contributed by atoms with Crippen molar-refractivity contribution in [2.75, 3.05) is 0 Å². The van der Waals surface area contributed by atoms with E-state index >= 15 is 0 Å². The van der Waals surface area contributed by atoms with Crippen LogP contribution in [-0.2, 0) is 14.8 Å². The lowest BCUT2D eigenvalue weighted by Crippen LogP contribution is -2.40. The quantitative estimate of drug-likeness (QED) is 0.729. The number of hydrogen-bond donors (Lipinski definition) is 1. The molecule has 3 atom stereocenters. The van der Waals surface area contributed by atoms with Crippen molar-refractivity contribution in [3.8, 4) is 12.3 Å². The first-order valence-corrected chi connectivity index (χ1v) is 11.5. The van der Waals surface area contributed by atoms with Crippen LogP contribution in [0.4, 0.5) is 0 Å². The van der Waals surface area contributed by atoms with Crippen molar-refractivity contribution >= 4 is 15.8 Å². The van der Waals surface area contributed by atoms with Crippen LogP contribution in [0, 0.1) is 42.4 Å². The van der Waals surface area contributed by atoms with Crippen LogP contribution in [0.25, 0.3) is 0 Å². The maximum Gasteiger partial charge on any atom is 0.261 e. The zero-order chi connectivity index (χ0) is 20.5. The molecule has 2 bridgehead atoms. The van der Waals surface area contributed by atoms with Gasteiger partial charge in [0, 0.05) is 18.0 Å². The number of nitrogens with one attached hydrogen (secondary N) is 1. The van der Waals surface area contributed by atoms with Crippen LogP contribution in [0.15, 0.2) is 40.9 Å². The Labute approximate surface area is 168 Å². The SMILES string of the molecule is C#C[C@@]1(CCC(C)C)C(NS(=O)(=O)c2ccc(C)cc2)=C[C@H]2CC[C@@H]1CC2=O. The number of Topliss-reactive ketones (excluding diaryl/α,β-unsaturated/α-hetero) is 1. The minimum Gasteiger partial charge on any atom is -0.299 e. The molecule has 0 radical (unpaired) electrons. The van der Waals surface area contributed by atoms with Gasteiger partial charge in [-0.3, -0.25) is 9.52 Å². The van der Waals surface area contributed by atoms with Crippen LogP contribution in [0.5, 0.6) is 0 Å². The van der Waals surface area contributed by atoms with Gasteiger partial charge >= 0.3 is 0 Å². The molecular weight excluding hydrogens is 370 g/mol. The van der Waals surface area contributed by atoms with E-state index in [0.717, 1.165) is 24.8 Å². The number of fused-ring (bicyclic) bond motifs is 3. The molecule has 0 amide bonds. The smallest absolute Gasteiger partial charge is 0.261 e. The summed E-state index contributed by atoms with van der Waals surface area (Å²) in [7, 11) is -3.77. The molecule has 0 unspecified atom stereocenters. The fourth-order valence-electron chi connectivity index (χ4n) is 4.37. The van der Waals surface area contributed by atoms with Gasteiger partial charge < -0.3 is 0 Å². The lowest BCUT2D eigenvalue weighted by molar-refractivity contribution is -0.124. The second-order valence-electron chi connectivity index (χ2n) is 8.60. The molecule has 0 aliphatic heterocycles. The largest absolute Gasteiger partial charge is 0.299 e.